The number of alkyl halides is 1. The Morgan fingerprint density at radius 2 is 1.04 bits per heavy atom. The summed E-state index contributed by atoms with van der Waals surface area (Å²) in [5.41, 5.74) is 0.774. The minimum absolute atomic E-state index is 0.893. The third-order valence-electron chi connectivity index (χ3n) is 4.93. The highest BCUT2D eigenvalue weighted by molar-refractivity contribution is 5.91. The maximum absolute atomic E-state index is 14.6. The molecule has 0 N–H and O–H groups in total. The fourth-order valence-electron chi connectivity index (χ4n) is 3.74. The summed E-state index contributed by atoms with van der Waals surface area (Å²) in [5, 5.41) is 4.26. The fourth-order valence-corrected chi connectivity index (χ4v) is 3.74. The van der Waals surface area contributed by atoms with Crippen molar-refractivity contribution in [2.75, 3.05) is 0 Å². The molecular formula is C22H15FO. The van der Waals surface area contributed by atoms with Gasteiger partial charge in [-0.15, -0.1) is 0 Å². The fraction of sp³-hybridized carbons (Fsp3) is 0.0909. The van der Waals surface area contributed by atoms with Gasteiger partial charge >= 0.3 is 0 Å². The Hall–Kier alpha value is -2.71. The van der Waals surface area contributed by atoms with E-state index >= 15 is 0 Å². The molecule has 1 unspecified atom stereocenters. The van der Waals surface area contributed by atoms with Crippen molar-refractivity contribution in [3.05, 3.63) is 96.1 Å². The summed E-state index contributed by atoms with van der Waals surface area (Å²) in [6.07, 6.45) is -1.32. The summed E-state index contributed by atoms with van der Waals surface area (Å²) >= 11 is 0. The van der Waals surface area contributed by atoms with Gasteiger partial charge in [0, 0.05) is 11.1 Å². The Kier molecular flexibility index (Phi) is 2.79. The van der Waals surface area contributed by atoms with E-state index in [9.17, 15) is 4.39 Å². The first-order valence-electron chi connectivity index (χ1n) is 8.09. The monoisotopic (exact) mass is 314 g/mol. The SMILES string of the molecule is FC1OC1(c1cccc2ccccc12)c1cccc2ccccc12. The predicted octanol–water partition coefficient (Wildman–Crippen LogP) is 5.56. The molecule has 1 aliphatic rings. The number of halogens is 1. The van der Waals surface area contributed by atoms with Crippen molar-refractivity contribution < 1.29 is 9.13 Å². The van der Waals surface area contributed by atoms with Crippen LogP contribution in [-0.4, -0.2) is 6.36 Å². The van der Waals surface area contributed by atoms with Gasteiger partial charge in [0.25, 0.3) is 0 Å². The highest BCUT2D eigenvalue weighted by Gasteiger charge is 2.61. The van der Waals surface area contributed by atoms with Gasteiger partial charge in [-0.2, -0.15) is 0 Å². The van der Waals surface area contributed by atoms with Crippen molar-refractivity contribution in [3.8, 4) is 0 Å². The van der Waals surface area contributed by atoms with Crippen LogP contribution in [0.3, 0.4) is 0 Å². The van der Waals surface area contributed by atoms with Gasteiger partial charge in [-0.3, -0.25) is 0 Å². The summed E-state index contributed by atoms with van der Waals surface area (Å²) in [4.78, 5) is 0. The Labute approximate surface area is 139 Å². The summed E-state index contributed by atoms with van der Waals surface area (Å²) in [5.74, 6) is 0. The molecule has 1 aliphatic heterocycles. The number of rotatable bonds is 2. The van der Waals surface area contributed by atoms with Crippen LogP contribution in [0, 0.1) is 0 Å². The lowest BCUT2D eigenvalue weighted by Gasteiger charge is -2.17. The molecule has 24 heavy (non-hydrogen) atoms. The van der Waals surface area contributed by atoms with E-state index in [4.69, 9.17) is 4.74 Å². The first-order valence-corrected chi connectivity index (χ1v) is 8.09. The van der Waals surface area contributed by atoms with Crippen LogP contribution >= 0.6 is 0 Å². The molecule has 4 aromatic rings. The topological polar surface area (TPSA) is 12.5 Å². The zero-order valence-corrected chi connectivity index (χ0v) is 12.9. The van der Waals surface area contributed by atoms with Crippen LogP contribution in [0.4, 0.5) is 4.39 Å². The first-order chi connectivity index (χ1) is 11.8. The molecule has 1 fully saturated rings. The third kappa shape index (κ3) is 1.78. The van der Waals surface area contributed by atoms with Crippen molar-refractivity contribution in [3.63, 3.8) is 0 Å². The molecular weight excluding hydrogens is 299 g/mol. The third-order valence-corrected chi connectivity index (χ3v) is 4.93. The second-order valence-corrected chi connectivity index (χ2v) is 6.22. The molecule has 0 radical (unpaired) electrons. The van der Waals surface area contributed by atoms with Crippen LogP contribution in [0.1, 0.15) is 11.1 Å². The van der Waals surface area contributed by atoms with Gasteiger partial charge < -0.3 is 4.74 Å². The lowest BCUT2D eigenvalue weighted by atomic mass is 9.85. The Bertz CT molecular complexity index is 980. The number of hydrogen-bond donors (Lipinski definition) is 0. The average Bonchev–Trinajstić information content (AvgIpc) is 3.32. The number of benzene rings is 4. The normalized spacial score (nSPS) is 18.8. The molecule has 4 aromatic carbocycles. The Morgan fingerprint density at radius 1 is 0.625 bits per heavy atom. The van der Waals surface area contributed by atoms with Crippen molar-refractivity contribution in [2.24, 2.45) is 0 Å². The zero-order valence-electron chi connectivity index (χ0n) is 12.9. The van der Waals surface area contributed by atoms with Crippen LogP contribution in [0.15, 0.2) is 84.9 Å². The lowest BCUT2D eigenvalue weighted by molar-refractivity contribution is 0.255. The van der Waals surface area contributed by atoms with Gasteiger partial charge in [-0.1, -0.05) is 84.9 Å². The van der Waals surface area contributed by atoms with Gasteiger partial charge in [-0.25, -0.2) is 4.39 Å². The quantitative estimate of drug-likeness (QED) is 0.441. The molecule has 116 valence electrons. The van der Waals surface area contributed by atoms with Gasteiger partial charge in [0.2, 0.25) is 6.36 Å². The molecule has 1 heterocycles. The van der Waals surface area contributed by atoms with Crippen LogP contribution in [0.2, 0.25) is 0 Å². The first kappa shape index (κ1) is 13.7. The molecule has 1 atom stereocenters. The summed E-state index contributed by atoms with van der Waals surface area (Å²) in [6, 6.07) is 28.1. The smallest absolute Gasteiger partial charge is 0.238 e. The van der Waals surface area contributed by atoms with E-state index in [1.54, 1.807) is 0 Å². The van der Waals surface area contributed by atoms with E-state index in [1.165, 1.54) is 0 Å². The minimum atomic E-state index is -1.32. The van der Waals surface area contributed by atoms with Crippen LogP contribution in [-0.2, 0) is 10.3 Å². The zero-order chi connectivity index (χ0) is 16.1. The summed E-state index contributed by atoms with van der Waals surface area (Å²) in [6.45, 7) is 0. The molecule has 0 aromatic heterocycles. The summed E-state index contributed by atoms with van der Waals surface area (Å²) in [7, 11) is 0. The maximum atomic E-state index is 14.6. The van der Waals surface area contributed by atoms with E-state index in [2.05, 4.69) is 0 Å². The van der Waals surface area contributed by atoms with Crippen molar-refractivity contribution in [2.45, 2.75) is 12.0 Å². The van der Waals surface area contributed by atoms with Gasteiger partial charge in [0.1, 0.15) is 0 Å². The van der Waals surface area contributed by atoms with E-state index in [0.29, 0.717) is 0 Å². The molecule has 2 heteroatoms. The average molecular weight is 314 g/mol. The van der Waals surface area contributed by atoms with Crippen LogP contribution < -0.4 is 0 Å². The highest BCUT2D eigenvalue weighted by Crippen LogP contribution is 2.55. The lowest BCUT2D eigenvalue weighted by Crippen LogP contribution is -2.14. The number of ether oxygens (including phenoxy) is 1. The Balaban J connectivity index is 1.84. The minimum Gasteiger partial charge on any atom is -0.323 e. The van der Waals surface area contributed by atoms with E-state index in [-0.39, 0.29) is 0 Å². The van der Waals surface area contributed by atoms with E-state index in [1.807, 2.05) is 84.9 Å². The van der Waals surface area contributed by atoms with Gasteiger partial charge in [-0.05, 0) is 21.5 Å². The van der Waals surface area contributed by atoms with Crippen molar-refractivity contribution in [1.82, 2.24) is 0 Å². The van der Waals surface area contributed by atoms with E-state index in [0.717, 1.165) is 32.7 Å². The molecule has 0 spiro atoms. The van der Waals surface area contributed by atoms with Crippen LogP contribution in [0.25, 0.3) is 21.5 Å². The van der Waals surface area contributed by atoms with Crippen molar-refractivity contribution in [1.29, 1.82) is 0 Å². The maximum Gasteiger partial charge on any atom is 0.238 e. The summed E-state index contributed by atoms with van der Waals surface area (Å²) < 4.78 is 20.3. The van der Waals surface area contributed by atoms with Gasteiger partial charge in [0.05, 0.1) is 0 Å². The molecule has 0 saturated carbocycles. The Morgan fingerprint density at radius 3 is 1.50 bits per heavy atom. The molecule has 1 nitrogen and oxygen atoms in total. The largest absolute Gasteiger partial charge is 0.323 e. The van der Waals surface area contributed by atoms with Gasteiger partial charge in [0.15, 0.2) is 5.60 Å². The highest BCUT2D eigenvalue weighted by atomic mass is 19.2. The molecule has 1 saturated heterocycles. The van der Waals surface area contributed by atoms with Crippen molar-refractivity contribution >= 4 is 21.5 Å². The second-order valence-electron chi connectivity index (χ2n) is 6.22. The molecule has 0 bridgehead atoms. The van der Waals surface area contributed by atoms with E-state index < -0.39 is 12.0 Å². The number of epoxide rings is 1. The van der Waals surface area contributed by atoms with Crippen LogP contribution in [0.5, 0.6) is 0 Å². The predicted molar refractivity (Wildman–Crippen MR) is 94.7 cm³/mol. The molecule has 5 rings (SSSR count). The standard InChI is InChI=1S/C22H15FO/c23-21-22(24-21,19-13-5-9-15-7-1-3-11-17(15)19)20-14-6-10-16-8-2-4-12-18(16)20/h1-14,21H. The number of hydrogen-bond acceptors (Lipinski definition) is 1. The molecule has 0 amide bonds. The number of fused-ring (bicyclic) bond motifs is 2. The molecule has 0 aliphatic carbocycles. The second kappa shape index (κ2) is 4.89.